The molecule has 0 unspecified atom stereocenters. The molecule has 0 aliphatic rings. The number of aromatic nitrogens is 1. The van der Waals surface area contributed by atoms with E-state index in [1.807, 2.05) is 43.4 Å². The average molecular weight is 299 g/mol. The Balaban J connectivity index is 2.07. The number of thioether (sulfide) groups is 1. The Labute approximate surface area is 121 Å². The Kier molecular flexibility index (Phi) is 4.75. The number of rotatable bonds is 4. The standard InChI is InChI=1S/C13H12Cl2N2S/c1-16-13-7-6-11(15)12(17-13)8-18-10-4-2-9(14)3-5-10/h2-7H,8H2,1H3,(H,16,17). The van der Waals surface area contributed by atoms with Crippen LogP contribution in [0.25, 0.3) is 0 Å². The molecule has 1 N–H and O–H groups in total. The molecule has 0 saturated heterocycles. The van der Waals surface area contributed by atoms with E-state index in [0.29, 0.717) is 5.02 Å². The molecule has 0 fully saturated rings. The van der Waals surface area contributed by atoms with Gasteiger partial charge < -0.3 is 5.32 Å². The van der Waals surface area contributed by atoms with E-state index < -0.39 is 0 Å². The topological polar surface area (TPSA) is 24.9 Å². The van der Waals surface area contributed by atoms with Crippen molar-refractivity contribution in [3.8, 4) is 0 Å². The zero-order chi connectivity index (χ0) is 13.0. The molecule has 0 saturated carbocycles. The van der Waals surface area contributed by atoms with Gasteiger partial charge in [0.25, 0.3) is 0 Å². The minimum absolute atomic E-state index is 0.690. The van der Waals surface area contributed by atoms with Gasteiger partial charge in [-0.25, -0.2) is 4.98 Å². The van der Waals surface area contributed by atoms with Crippen LogP contribution in [0.5, 0.6) is 0 Å². The zero-order valence-electron chi connectivity index (χ0n) is 9.78. The van der Waals surface area contributed by atoms with Gasteiger partial charge in [-0.05, 0) is 36.4 Å². The predicted molar refractivity (Wildman–Crippen MR) is 79.8 cm³/mol. The SMILES string of the molecule is CNc1ccc(Cl)c(CSc2ccc(Cl)cc2)n1. The maximum Gasteiger partial charge on any atom is 0.126 e. The zero-order valence-corrected chi connectivity index (χ0v) is 12.1. The molecule has 0 aliphatic carbocycles. The van der Waals surface area contributed by atoms with Crippen molar-refractivity contribution in [3.05, 3.63) is 52.1 Å². The quantitative estimate of drug-likeness (QED) is 0.827. The first-order chi connectivity index (χ1) is 8.69. The second-order valence-electron chi connectivity index (χ2n) is 3.62. The van der Waals surface area contributed by atoms with Crippen LogP contribution in [0.2, 0.25) is 10.0 Å². The Morgan fingerprint density at radius 1 is 1.11 bits per heavy atom. The molecule has 0 spiro atoms. The highest BCUT2D eigenvalue weighted by Crippen LogP contribution is 2.27. The van der Waals surface area contributed by atoms with Gasteiger partial charge in [0.15, 0.2) is 0 Å². The van der Waals surface area contributed by atoms with E-state index in [1.165, 1.54) is 0 Å². The summed E-state index contributed by atoms with van der Waals surface area (Å²) in [7, 11) is 1.84. The van der Waals surface area contributed by atoms with E-state index in [2.05, 4.69) is 10.3 Å². The van der Waals surface area contributed by atoms with Crippen LogP contribution in [-0.2, 0) is 5.75 Å². The molecule has 18 heavy (non-hydrogen) atoms. The largest absolute Gasteiger partial charge is 0.373 e. The summed E-state index contributed by atoms with van der Waals surface area (Å²) in [6.45, 7) is 0. The third-order valence-corrected chi connectivity index (χ3v) is 3.98. The fourth-order valence-electron chi connectivity index (χ4n) is 1.41. The van der Waals surface area contributed by atoms with Crippen molar-refractivity contribution < 1.29 is 0 Å². The minimum Gasteiger partial charge on any atom is -0.373 e. The van der Waals surface area contributed by atoms with Gasteiger partial charge in [0.05, 0.1) is 10.7 Å². The number of nitrogens with zero attached hydrogens (tertiary/aromatic N) is 1. The minimum atomic E-state index is 0.690. The van der Waals surface area contributed by atoms with Crippen molar-refractivity contribution >= 4 is 40.8 Å². The number of anilines is 1. The molecule has 1 aromatic heterocycles. The molecule has 2 nitrogen and oxygen atoms in total. The van der Waals surface area contributed by atoms with E-state index in [-0.39, 0.29) is 0 Å². The third-order valence-electron chi connectivity index (χ3n) is 2.36. The summed E-state index contributed by atoms with van der Waals surface area (Å²) in [6, 6.07) is 11.5. The lowest BCUT2D eigenvalue weighted by molar-refractivity contribution is 1.16. The summed E-state index contributed by atoms with van der Waals surface area (Å²) < 4.78 is 0. The normalized spacial score (nSPS) is 10.4. The van der Waals surface area contributed by atoms with E-state index in [1.54, 1.807) is 11.8 Å². The van der Waals surface area contributed by atoms with Crippen molar-refractivity contribution in [3.63, 3.8) is 0 Å². The molecular formula is C13H12Cl2N2S. The summed E-state index contributed by atoms with van der Waals surface area (Å²) in [4.78, 5) is 5.58. The molecule has 0 radical (unpaired) electrons. The van der Waals surface area contributed by atoms with Crippen LogP contribution < -0.4 is 5.32 Å². The number of pyridine rings is 1. The molecule has 0 amide bonds. The van der Waals surface area contributed by atoms with Gasteiger partial charge in [-0.2, -0.15) is 0 Å². The van der Waals surface area contributed by atoms with Crippen LogP contribution in [0.3, 0.4) is 0 Å². The lowest BCUT2D eigenvalue weighted by atomic mass is 10.3. The number of nitrogens with one attached hydrogen (secondary N) is 1. The molecule has 94 valence electrons. The second-order valence-corrected chi connectivity index (χ2v) is 5.51. The van der Waals surface area contributed by atoms with Crippen molar-refractivity contribution in [2.45, 2.75) is 10.6 Å². The summed E-state index contributed by atoms with van der Waals surface area (Å²) in [5.41, 5.74) is 0.878. The lowest BCUT2D eigenvalue weighted by Crippen LogP contribution is -1.96. The fourth-order valence-corrected chi connectivity index (χ4v) is 2.64. The molecule has 0 aliphatic heterocycles. The lowest BCUT2D eigenvalue weighted by Gasteiger charge is -2.06. The van der Waals surface area contributed by atoms with Gasteiger partial charge in [-0.1, -0.05) is 23.2 Å². The Morgan fingerprint density at radius 2 is 1.83 bits per heavy atom. The van der Waals surface area contributed by atoms with Crippen LogP contribution in [0.4, 0.5) is 5.82 Å². The second kappa shape index (κ2) is 6.32. The van der Waals surface area contributed by atoms with Crippen LogP contribution in [0, 0.1) is 0 Å². The average Bonchev–Trinajstić information content (AvgIpc) is 2.40. The van der Waals surface area contributed by atoms with Gasteiger partial charge in [-0.15, -0.1) is 11.8 Å². The van der Waals surface area contributed by atoms with E-state index in [4.69, 9.17) is 23.2 Å². The molecule has 1 heterocycles. The van der Waals surface area contributed by atoms with E-state index in [0.717, 1.165) is 27.2 Å². The Bertz CT molecular complexity index is 529. The number of halogens is 2. The molecule has 2 rings (SSSR count). The number of hydrogen-bond acceptors (Lipinski definition) is 3. The van der Waals surface area contributed by atoms with Crippen molar-refractivity contribution in [1.29, 1.82) is 0 Å². The summed E-state index contributed by atoms with van der Waals surface area (Å²) >= 11 is 13.6. The molecule has 0 atom stereocenters. The van der Waals surface area contributed by atoms with Crippen molar-refractivity contribution in [2.75, 3.05) is 12.4 Å². The summed E-state index contributed by atoms with van der Waals surface area (Å²) in [5.74, 6) is 1.56. The molecule has 5 heteroatoms. The van der Waals surface area contributed by atoms with Gasteiger partial charge >= 0.3 is 0 Å². The third kappa shape index (κ3) is 3.55. The highest BCUT2D eigenvalue weighted by molar-refractivity contribution is 7.98. The molecule has 2 aromatic rings. The summed E-state index contributed by atoms with van der Waals surface area (Å²) in [6.07, 6.45) is 0. The fraction of sp³-hybridized carbons (Fsp3) is 0.154. The number of benzene rings is 1. The van der Waals surface area contributed by atoms with E-state index in [9.17, 15) is 0 Å². The van der Waals surface area contributed by atoms with Gasteiger partial charge in [-0.3, -0.25) is 0 Å². The first-order valence-corrected chi connectivity index (χ1v) is 7.15. The predicted octanol–water partition coefficient (Wildman–Crippen LogP) is 4.72. The van der Waals surface area contributed by atoms with Crippen LogP contribution in [0.1, 0.15) is 5.69 Å². The Morgan fingerprint density at radius 3 is 2.50 bits per heavy atom. The maximum atomic E-state index is 6.12. The smallest absolute Gasteiger partial charge is 0.126 e. The Hall–Kier alpha value is -0.900. The highest BCUT2D eigenvalue weighted by atomic mass is 35.5. The van der Waals surface area contributed by atoms with Crippen molar-refractivity contribution in [1.82, 2.24) is 4.98 Å². The van der Waals surface area contributed by atoms with Crippen LogP contribution in [-0.4, -0.2) is 12.0 Å². The van der Waals surface area contributed by atoms with Crippen LogP contribution in [0.15, 0.2) is 41.3 Å². The first kappa shape index (κ1) is 13.5. The highest BCUT2D eigenvalue weighted by Gasteiger charge is 2.04. The van der Waals surface area contributed by atoms with Gasteiger partial charge in [0, 0.05) is 22.7 Å². The molecule has 1 aromatic carbocycles. The van der Waals surface area contributed by atoms with Gasteiger partial charge in [0.2, 0.25) is 0 Å². The number of hydrogen-bond donors (Lipinski definition) is 1. The van der Waals surface area contributed by atoms with Crippen LogP contribution >= 0.6 is 35.0 Å². The van der Waals surface area contributed by atoms with Gasteiger partial charge in [0.1, 0.15) is 5.82 Å². The monoisotopic (exact) mass is 298 g/mol. The first-order valence-electron chi connectivity index (χ1n) is 5.40. The maximum absolute atomic E-state index is 6.12. The molecular weight excluding hydrogens is 287 g/mol. The summed E-state index contributed by atoms with van der Waals surface area (Å²) in [5, 5.41) is 4.44. The van der Waals surface area contributed by atoms with E-state index >= 15 is 0 Å². The molecule has 0 bridgehead atoms. The van der Waals surface area contributed by atoms with Crippen molar-refractivity contribution in [2.24, 2.45) is 0 Å².